The summed E-state index contributed by atoms with van der Waals surface area (Å²) in [5, 5.41) is 19.2. The van der Waals surface area contributed by atoms with Crippen LogP contribution in [0.25, 0.3) is 0 Å². The van der Waals surface area contributed by atoms with Gasteiger partial charge in [0.15, 0.2) is 0 Å². The fourth-order valence-corrected chi connectivity index (χ4v) is 2.84. The van der Waals surface area contributed by atoms with Gasteiger partial charge in [-0.3, -0.25) is 4.90 Å². The number of hydrogen-bond donors (Lipinski definition) is 1. The van der Waals surface area contributed by atoms with E-state index in [1.54, 1.807) is 12.1 Å². The molecule has 3 rings (SSSR count). The largest absolute Gasteiger partial charge is 0.387 e. The number of aliphatic hydroxyl groups is 1. The molecule has 21 heavy (non-hydrogen) atoms. The lowest BCUT2D eigenvalue weighted by molar-refractivity contribution is 0.106. The summed E-state index contributed by atoms with van der Waals surface area (Å²) in [6, 6.07) is 17.8. The first kappa shape index (κ1) is 13.8. The smallest absolute Gasteiger partial charge is 0.0991 e. The molecule has 0 bridgehead atoms. The molecule has 1 heterocycles. The molecule has 1 N–H and O–H groups in total. The molecule has 106 valence electrons. The first-order valence-corrected chi connectivity index (χ1v) is 7.23. The van der Waals surface area contributed by atoms with Crippen LogP contribution in [0.2, 0.25) is 0 Å². The second-order valence-electron chi connectivity index (χ2n) is 5.50. The molecule has 3 heteroatoms. The van der Waals surface area contributed by atoms with Crippen LogP contribution in [-0.2, 0) is 13.0 Å². The normalized spacial score (nSPS) is 16.0. The Morgan fingerprint density at radius 2 is 1.81 bits per heavy atom. The number of aliphatic hydroxyl groups excluding tert-OH is 1. The number of hydrogen-bond acceptors (Lipinski definition) is 3. The van der Waals surface area contributed by atoms with Crippen molar-refractivity contribution in [2.24, 2.45) is 0 Å². The van der Waals surface area contributed by atoms with Crippen molar-refractivity contribution in [3.05, 3.63) is 70.8 Å². The maximum absolute atomic E-state index is 10.4. The van der Waals surface area contributed by atoms with E-state index in [0.717, 1.165) is 25.1 Å². The second kappa shape index (κ2) is 6.09. The minimum Gasteiger partial charge on any atom is -0.387 e. The third kappa shape index (κ3) is 3.13. The molecule has 3 nitrogen and oxygen atoms in total. The maximum atomic E-state index is 10.4. The van der Waals surface area contributed by atoms with E-state index in [1.807, 2.05) is 12.1 Å². The van der Waals surface area contributed by atoms with Gasteiger partial charge in [-0.2, -0.15) is 5.26 Å². The summed E-state index contributed by atoms with van der Waals surface area (Å²) in [7, 11) is 0. The summed E-state index contributed by atoms with van der Waals surface area (Å²) in [5.41, 5.74) is 4.27. The van der Waals surface area contributed by atoms with Crippen LogP contribution in [0.15, 0.2) is 48.5 Å². The van der Waals surface area contributed by atoms with E-state index in [9.17, 15) is 5.11 Å². The van der Waals surface area contributed by atoms with Gasteiger partial charge in [-0.15, -0.1) is 0 Å². The van der Waals surface area contributed by atoms with E-state index in [0.29, 0.717) is 12.1 Å². The molecule has 1 unspecified atom stereocenters. The van der Waals surface area contributed by atoms with Crippen molar-refractivity contribution in [2.45, 2.75) is 19.1 Å². The first-order valence-electron chi connectivity index (χ1n) is 7.23. The molecule has 1 atom stereocenters. The topological polar surface area (TPSA) is 47.3 Å². The fraction of sp³-hybridized carbons (Fsp3) is 0.278. The zero-order chi connectivity index (χ0) is 14.7. The van der Waals surface area contributed by atoms with Gasteiger partial charge in [0, 0.05) is 19.6 Å². The maximum Gasteiger partial charge on any atom is 0.0991 e. The molecule has 0 aliphatic carbocycles. The highest BCUT2D eigenvalue weighted by atomic mass is 16.3. The minimum absolute atomic E-state index is 0.511. The average Bonchev–Trinajstić information content (AvgIpc) is 2.55. The molecular formula is C18H18N2O. The summed E-state index contributed by atoms with van der Waals surface area (Å²) >= 11 is 0. The molecular weight excluding hydrogens is 260 g/mol. The van der Waals surface area contributed by atoms with Crippen LogP contribution in [0.1, 0.15) is 28.4 Å². The minimum atomic E-state index is -0.511. The second-order valence-corrected chi connectivity index (χ2v) is 5.50. The molecule has 2 aromatic rings. The SMILES string of the molecule is N#Cc1ccc(C(O)CN2CCc3ccccc3C2)cc1. The van der Waals surface area contributed by atoms with Crippen LogP contribution in [0.3, 0.4) is 0 Å². The van der Waals surface area contributed by atoms with E-state index >= 15 is 0 Å². The number of rotatable bonds is 3. The summed E-state index contributed by atoms with van der Waals surface area (Å²) in [5.74, 6) is 0. The zero-order valence-electron chi connectivity index (χ0n) is 11.9. The Labute approximate surface area is 125 Å². The standard InChI is InChI=1S/C18H18N2O/c19-11-14-5-7-16(8-6-14)18(21)13-20-10-9-15-3-1-2-4-17(15)12-20/h1-8,18,21H,9-10,12-13H2. The molecule has 0 radical (unpaired) electrons. The van der Waals surface area contributed by atoms with Crippen molar-refractivity contribution in [3.8, 4) is 6.07 Å². The van der Waals surface area contributed by atoms with Crippen molar-refractivity contribution in [2.75, 3.05) is 13.1 Å². The Morgan fingerprint density at radius 3 is 2.52 bits per heavy atom. The van der Waals surface area contributed by atoms with Crippen molar-refractivity contribution >= 4 is 0 Å². The van der Waals surface area contributed by atoms with Crippen molar-refractivity contribution < 1.29 is 5.11 Å². The summed E-state index contributed by atoms with van der Waals surface area (Å²) in [4.78, 5) is 2.28. The predicted octanol–water partition coefficient (Wildman–Crippen LogP) is 2.65. The molecule has 1 aliphatic heterocycles. The van der Waals surface area contributed by atoms with Gasteiger partial charge in [-0.1, -0.05) is 36.4 Å². The van der Waals surface area contributed by atoms with Crippen LogP contribution in [-0.4, -0.2) is 23.1 Å². The molecule has 1 aliphatic rings. The Kier molecular flexibility index (Phi) is 4.01. The van der Waals surface area contributed by atoms with E-state index in [-0.39, 0.29) is 0 Å². The van der Waals surface area contributed by atoms with Crippen molar-refractivity contribution in [3.63, 3.8) is 0 Å². The monoisotopic (exact) mass is 278 g/mol. The molecule has 0 saturated carbocycles. The van der Waals surface area contributed by atoms with E-state index in [2.05, 4.69) is 35.2 Å². The number of nitrogens with zero attached hydrogens (tertiary/aromatic N) is 2. The zero-order valence-corrected chi connectivity index (χ0v) is 11.9. The Morgan fingerprint density at radius 1 is 1.10 bits per heavy atom. The summed E-state index contributed by atoms with van der Waals surface area (Å²) in [6.07, 6.45) is 0.527. The third-order valence-corrected chi connectivity index (χ3v) is 4.07. The fourth-order valence-electron chi connectivity index (χ4n) is 2.84. The lowest BCUT2D eigenvalue weighted by Crippen LogP contribution is -2.33. The van der Waals surface area contributed by atoms with E-state index < -0.39 is 6.10 Å². The average molecular weight is 278 g/mol. The van der Waals surface area contributed by atoms with Crippen LogP contribution in [0.4, 0.5) is 0 Å². The number of fused-ring (bicyclic) bond motifs is 1. The third-order valence-electron chi connectivity index (χ3n) is 4.07. The highest BCUT2D eigenvalue weighted by Crippen LogP contribution is 2.21. The molecule has 0 saturated heterocycles. The van der Waals surface area contributed by atoms with Gasteiger partial charge in [0.05, 0.1) is 17.7 Å². The summed E-state index contributed by atoms with van der Waals surface area (Å²) in [6.45, 7) is 2.49. The van der Waals surface area contributed by atoms with Crippen molar-refractivity contribution in [1.29, 1.82) is 5.26 Å². The Bertz CT molecular complexity index is 658. The van der Waals surface area contributed by atoms with Gasteiger partial charge in [-0.25, -0.2) is 0 Å². The van der Waals surface area contributed by atoms with Gasteiger partial charge in [-0.05, 0) is 35.2 Å². The molecule has 0 amide bonds. The number of nitriles is 1. The van der Waals surface area contributed by atoms with Gasteiger partial charge in [0.25, 0.3) is 0 Å². The molecule has 2 aromatic carbocycles. The van der Waals surface area contributed by atoms with Crippen LogP contribution in [0.5, 0.6) is 0 Å². The van der Waals surface area contributed by atoms with Gasteiger partial charge in [0.2, 0.25) is 0 Å². The van der Waals surface area contributed by atoms with Crippen molar-refractivity contribution in [1.82, 2.24) is 4.90 Å². The van der Waals surface area contributed by atoms with E-state index in [1.165, 1.54) is 11.1 Å². The lowest BCUT2D eigenvalue weighted by atomic mass is 9.99. The van der Waals surface area contributed by atoms with Gasteiger partial charge < -0.3 is 5.11 Å². The van der Waals surface area contributed by atoms with Crippen LogP contribution in [0, 0.1) is 11.3 Å². The van der Waals surface area contributed by atoms with Gasteiger partial charge >= 0.3 is 0 Å². The highest BCUT2D eigenvalue weighted by Gasteiger charge is 2.19. The van der Waals surface area contributed by atoms with Gasteiger partial charge in [0.1, 0.15) is 0 Å². The highest BCUT2D eigenvalue weighted by molar-refractivity contribution is 5.33. The Balaban J connectivity index is 1.65. The first-order chi connectivity index (χ1) is 10.3. The predicted molar refractivity (Wildman–Crippen MR) is 81.5 cm³/mol. The van der Waals surface area contributed by atoms with Crippen LogP contribution < -0.4 is 0 Å². The molecule has 0 fully saturated rings. The number of β-amino-alcohol motifs (C(OH)–C–C–N with tert-alkyl or cyclic N) is 1. The molecule has 0 spiro atoms. The Hall–Kier alpha value is -2.15. The van der Waals surface area contributed by atoms with E-state index in [4.69, 9.17) is 5.26 Å². The van der Waals surface area contributed by atoms with Crippen LogP contribution >= 0.6 is 0 Å². The lowest BCUT2D eigenvalue weighted by Gasteiger charge is -2.30. The molecule has 0 aromatic heterocycles. The quantitative estimate of drug-likeness (QED) is 0.939. The number of benzene rings is 2. The summed E-state index contributed by atoms with van der Waals surface area (Å²) < 4.78 is 0.